The van der Waals surface area contributed by atoms with Gasteiger partial charge in [-0.2, -0.15) is 0 Å². The van der Waals surface area contributed by atoms with Crippen molar-refractivity contribution in [2.24, 2.45) is 5.41 Å². The number of hydrogen-bond donors (Lipinski definition) is 2. The number of hydrogen-bond acceptors (Lipinski definition) is 5. The van der Waals surface area contributed by atoms with Crippen LogP contribution in [0, 0.1) is 5.41 Å². The molecule has 1 aliphatic carbocycles. The maximum absolute atomic E-state index is 14.5. The number of benzene rings is 2. The van der Waals surface area contributed by atoms with Gasteiger partial charge in [-0.05, 0) is 68.0 Å². The Morgan fingerprint density at radius 1 is 1.15 bits per heavy atom. The molecule has 1 aliphatic heterocycles. The largest absolute Gasteiger partial charge is 0.395 e. The van der Waals surface area contributed by atoms with Gasteiger partial charge in [-0.25, -0.2) is 12.7 Å². The highest BCUT2D eigenvalue weighted by Gasteiger charge is 2.52. The van der Waals surface area contributed by atoms with E-state index in [4.69, 9.17) is 23.2 Å². The van der Waals surface area contributed by atoms with Gasteiger partial charge in [0.2, 0.25) is 21.8 Å². The van der Waals surface area contributed by atoms with E-state index in [1.165, 1.54) is 4.31 Å². The number of aliphatic hydroxyl groups excluding tert-OH is 1. The highest BCUT2D eigenvalue weighted by molar-refractivity contribution is 7.90. The summed E-state index contributed by atoms with van der Waals surface area (Å²) in [5.41, 5.74) is 0.790. The minimum atomic E-state index is -3.36. The van der Waals surface area contributed by atoms with Crippen LogP contribution in [0.1, 0.15) is 69.0 Å². The van der Waals surface area contributed by atoms with Crippen LogP contribution < -0.4 is 5.32 Å². The van der Waals surface area contributed by atoms with E-state index in [1.807, 2.05) is 49.1 Å². The summed E-state index contributed by atoms with van der Waals surface area (Å²) in [5, 5.41) is 12.7. The van der Waals surface area contributed by atoms with Crippen molar-refractivity contribution in [1.82, 2.24) is 14.5 Å². The van der Waals surface area contributed by atoms with Gasteiger partial charge in [0.1, 0.15) is 0 Å². The monoisotopic (exact) mass is 623 g/mol. The number of carbonyl (C=O) groups is 2. The second-order valence-corrected chi connectivity index (χ2v) is 14.8. The Bertz CT molecular complexity index is 1350. The molecule has 2 amide bonds. The number of piperidine rings is 1. The number of amides is 2. The normalized spacial score (nSPS) is 24.0. The van der Waals surface area contributed by atoms with E-state index < -0.39 is 21.5 Å². The molecule has 8 nitrogen and oxygen atoms in total. The van der Waals surface area contributed by atoms with Gasteiger partial charge < -0.3 is 15.3 Å². The predicted molar refractivity (Wildman–Crippen MR) is 161 cm³/mol. The molecule has 1 heterocycles. The maximum atomic E-state index is 14.5. The fraction of sp³-hybridized carbons (Fsp3) is 0.533. The summed E-state index contributed by atoms with van der Waals surface area (Å²) >= 11 is 12.7. The number of sulfonamides is 1. The van der Waals surface area contributed by atoms with E-state index in [9.17, 15) is 23.1 Å². The van der Waals surface area contributed by atoms with Crippen molar-refractivity contribution in [3.05, 3.63) is 69.7 Å². The van der Waals surface area contributed by atoms with Crippen LogP contribution in [0.2, 0.25) is 10.0 Å². The van der Waals surface area contributed by atoms with Crippen LogP contribution in [0.3, 0.4) is 0 Å². The summed E-state index contributed by atoms with van der Waals surface area (Å²) in [5.74, 6) is -0.693. The summed E-state index contributed by atoms with van der Waals surface area (Å²) < 4.78 is 27.0. The van der Waals surface area contributed by atoms with E-state index in [-0.39, 0.29) is 55.1 Å². The van der Waals surface area contributed by atoms with Crippen LogP contribution in [0.25, 0.3) is 0 Å². The Morgan fingerprint density at radius 2 is 1.83 bits per heavy atom. The van der Waals surface area contributed by atoms with E-state index in [0.717, 1.165) is 11.1 Å². The van der Waals surface area contributed by atoms with Crippen LogP contribution in [0.5, 0.6) is 0 Å². The zero-order valence-corrected chi connectivity index (χ0v) is 26.1. The van der Waals surface area contributed by atoms with Crippen LogP contribution >= 0.6 is 23.2 Å². The summed E-state index contributed by atoms with van der Waals surface area (Å²) in [4.78, 5) is 29.2. The van der Waals surface area contributed by atoms with Gasteiger partial charge in [-0.15, -0.1) is 0 Å². The number of nitrogens with one attached hydrogen (secondary N) is 1. The van der Waals surface area contributed by atoms with Gasteiger partial charge in [0.15, 0.2) is 0 Å². The summed E-state index contributed by atoms with van der Waals surface area (Å²) in [6.07, 6.45) is 2.14. The van der Waals surface area contributed by atoms with Gasteiger partial charge in [0.25, 0.3) is 0 Å². The molecule has 0 unspecified atom stereocenters. The highest BCUT2D eigenvalue weighted by Crippen LogP contribution is 2.52. The molecule has 0 bridgehead atoms. The van der Waals surface area contributed by atoms with E-state index in [1.54, 1.807) is 25.2 Å². The van der Waals surface area contributed by atoms with E-state index >= 15 is 0 Å². The molecule has 0 aromatic heterocycles. The Morgan fingerprint density at radius 3 is 2.44 bits per heavy atom. The fourth-order valence-electron chi connectivity index (χ4n) is 5.90. The molecule has 11 heteroatoms. The van der Waals surface area contributed by atoms with Crippen molar-refractivity contribution in [2.75, 3.05) is 26.7 Å². The first kappa shape index (κ1) is 31.8. The molecule has 1 saturated carbocycles. The quantitative estimate of drug-likeness (QED) is 0.354. The zero-order chi connectivity index (χ0) is 29.9. The lowest BCUT2D eigenvalue weighted by Crippen LogP contribution is -2.56. The summed E-state index contributed by atoms with van der Waals surface area (Å²) in [6.45, 7) is 3.93. The van der Waals surface area contributed by atoms with E-state index in [2.05, 4.69) is 5.32 Å². The molecular formula is C30H39Cl2N3O5S. The smallest absolute Gasteiger partial charge is 0.229 e. The highest BCUT2D eigenvalue weighted by atomic mass is 35.5. The summed E-state index contributed by atoms with van der Waals surface area (Å²) in [7, 11) is -1.76. The molecule has 2 aromatic rings. The molecule has 2 fully saturated rings. The SMILES string of the molecule is C[C@@H](CCN(C)S(=O)(=O)C1CC1)N1C(=O)[C@@](C)(CC(=O)NCCO)C[C@H](c2cccc(Cl)c2)[C@H]1c1ccc(Cl)cc1. The van der Waals surface area contributed by atoms with E-state index in [0.29, 0.717) is 35.7 Å². The Hall–Kier alpha value is -2.17. The predicted octanol–water partition coefficient (Wildman–Crippen LogP) is 4.76. The molecule has 4 rings (SSSR count). The Kier molecular flexibility index (Phi) is 10.1. The van der Waals surface area contributed by atoms with Crippen LogP contribution in [0.4, 0.5) is 0 Å². The van der Waals surface area contributed by atoms with Crippen LogP contribution in [-0.2, 0) is 19.6 Å². The number of nitrogens with zero attached hydrogens (tertiary/aromatic N) is 2. The first-order chi connectivity index (χ1) is 19.4. The van der Waals surface area contributed by atoms with Gasteiger partial charge in [0, 0.05) is 48.6 Å². The van der Waals surface area contributed by atoms with Crippen molar-refractivity contribution in [2.45, 2.75) is 69.2 Å². The van der Waals surface area contributed by atoms with Gasteiger partial charge in [-0.1, -0.05) is 54.4 Å². The molecular weight excluding hydrogens is 585 g/mol. The van der Waals surface area contributed by atoms with Gasteiger partial charge in [0.05, 0.1) is 23.3 Å². The standard InChI is InChI=1S/C30H39Cl2N3O5S/c1-20(13-15-34(3)41(39,40)25-11-12-25)35-28(21-7-9-23(31)10-8-21)26(22-5-4-6-24(32)17-22)18-30(2,29(35)38)19-27(37)33-14-16-36/h4-10,17,20,25-26,28,36H,11-16,18-19H2,1-3H3,(H,33,37)/t20-,26+,28+,30+/m0/s1. The lowest BCUT2D eigenvalue weighted by Gasteiger charge is -2.51. The molecule has 2 N–H and O–H groups in total. The molecule has 224 valence electrons. The molecule has 0 spiro atoms. The minimum Gasteiger partial charge on any atom is -0.395 e. The number of carbonyl (C=O) groups excluding carboxylic acids is 2. The molecule has 4 atom stereocenters. The van der Waals surface area contributed by atoms with Crippen molar-refractivity contribution in [3.8, 4) is 0 Å². The molecule has 41 heavy (non-hydrogen) atoms. The first-order valence-corrected chi connectivity index (χ1v) is 16.3. The molecule has 2 aromatic carbocycles. The molecule has 2 aliphatic rings. The van der Waals surface area contributed by atoms with Crippen LogP contribution in [-0.4, -0.2) is 72.6 Å². The number of aliphatic hydroxyl groups is 1. The second kappa shape index (κ2) is 13.0. The van der Waals surface area contributed by atoms with Crippen molar-refractivity contribution in [1.29, 1.82) is 0 Å². The molecule has 1 saturated heterocycles. The third-order valence-electron chi connectivity index (χ3n) is 8.29. The maximum Gasteiger partial charge on any atom is 0.229 e. The number of likely N-dealkylation sites (tertiary alicyclic amines) is 1. The topological polar surface area (TPSA) is 107 Å². The van der Waals surface area contributed by atoms with Crippen LogP contribution in [0.15, 0.2) is 48.5 Å². The van der Waals surface area contributed by atoms with Crippen molar-refractivity contribution >= 4 is 45.0 Å². The summed E-state index contributed by atoms with van der Waals surface area (Å²) in [6, 6.07) is 14.2. The second-order valence-electron chi connectivity index (χ2n) is 11.6. The average molecular weight is 625 g/mol. The van der Waals surface area contributed by atoms with Crippen molar-refractivity contribution in [3.63, 3.8) is 0 Å². The van der Waals surface area contributed by atoms with Gasteiger partial charge >= 0.3 is 0 Å². The lowest BCUT2D eigenvalue weighted by molar-refractivity contribution is -0.157. The molecule has 0 radical (unpaired) electrons. The fourth-order valence-corrected chi connectivity index (χ4v) is 7.82. The number of halogens is 2. The van der Waals surface area contributed by atoms with Gasteiger partial charge in [-0.3, -0.25) is 9.59 Å². The third-order valence-corrected chi connectivity index (χ3v) is 11.1. The zero-order valence-electron chi connectivity index (χ0n) is 23.7. The van der Waals surface area contributed by atoms with Crippen molar-refractivity contribution < 1.29 is 23.1 Å². The minimum absolute atomic E-state index is 0.0462. The average Bonchev–Trinajstić information content (AvgIpc) is 3.78. The Balaban J connectivity index is 1.75. The lowest BCUT2D eigenvalue weighted by atomic mass is 9.67. The Labute approximate surface area is 253 Å². The first-order valence-electron chi connectivity index (χ1n) is 14.0. The number of rotatable bonds is 12. The third kappa shape index (κ3) is 7.25.